The van der Waals surface area contributed by atoms with Gasteiger partial charge in [0.1, 0.15) is 5.82 Å². The van der Waals surface area contributed by atoms with Crippen LogP contribution >= 0.6 is 11.5 Å². The van der Waals surface area contributed by atoms with Crippen molar-refractivity contribution in [3.05, 3.63) is 113 Å². The molecule has 6 rings (SSSR count). The molecule has 3 aromatic heterocycles. The van der Waals surface area contributed by atoms with Crippen LogP contribution in [0.3, 0.4) is 0 Å². The van der Waals surface area contributed by atoms with E-state index < -0.39 is 0 Å². The van der Waals surface area contributed by atoms with Gasteiger partial charge in [0, 0.05) is 97.3 Å². The number of hydrogen-bond donors (Lipinski definition) is 1. The zero-order valence-corrected chi connectivity index (χ0v) is 24.6. The van der Waals surface area contributed by atoms with Crippen LogP contribution in [-0.2, 0) is 13.0 Å². The van der Waals surface area contributed by atoms with E-state index in [1.165, 1.54) is 17.1 Å². The molecule has 0 saturated carbocycles. The maximum atomic E-state index is 13.1. The molecule has 9 heteroatoms. The van der Waals surface area contributed by atoms with Crippen molar-refractivity contribution < 1.29 is 4.79 Å². The summed E-state index contributed by atoms with van der Waals surface area (Å²) in [6, 6.07) is 17.9. The molecule has 8 nitrogen and oxygen atoms in total. The summed E-state index contributed by atoms with van der Waals surface area (Å²) in [5.74, 6) is 0.583. The quantitative estimate of drug-likeness (QED) is 0.259. The summed E-state index contributed by atoms with van der Waals surface area (Å²) in [6.07, 6.45) is 7.82. The summed E-state index contributed by atoms with van der Waals surface area (Å²) in [5.41, 5.74) is 8.58. The lowest BCUT2D eigenvalue weighted by molar-refractivity contribution is 0.102. The number of amides is 1. The van der Waals surface area contributed by atoms with Gasteiger partial charge in [-0.25, -0.2) is 14.3 Å². The van der Waals surface area contributed by atoms with Crippen molar-refractivity contribution >= 4 is 23.1 Å². The Bertz CT molecular complexity index is 1660. The molecule has 0 bridgehead atoms. The van der Waals surface area contributed by atoms with Crippen LogP contribution in [0.15, 0.2) is 84.8 Å². The van der Waals surface area contributed by atoms with Crippen molar-refractivity contribution in [1.82, 2.24) is 29.1 Å². The van der Waals surface area contributed by atoms with Crippen LogP contribution in [-0.4, -0.2) is 68.3 Å². The molecule has 2 aromatic carbocycles. The number of rotatable bonds is 8. The van der Waals surface area contributed by atoms with E-state index in [2.05, 4.69) is 61.6 Å². The van der Waals surface area contributed by atoms with Crippen molar-refractivity contribution in [1.29, 1.82) is 0 Å². The average Bonchev–Trinajstić information content (AvgIpc) is 3.56. The lowest BCUT2D eigenvalue weighted by Gasteiger charge is -2.32. The highest BCUT2D eigenvalue weighted by Gasteiger charge is 2.15. The third-order valence-electron chi connectivity index (χ3n) is 7.68. The Morgan fingerprint density at radius 3 is 2.52 bits per heavy atom. The van der Waals surface area contributed by atoms with Crippen LogP contribution in [0.5, 0.6) is 0 Å². The predicted octanol–water partition coefficient (Wildman–Crippen LogP) is 5.56. The summed E-state index contributed by atoms with van der Waals surface area (Å²) in [5, 5.41) is 5.07. The molecule has 212 valence electrons. The topological polar surface area (TPSA) is 87.1 Å². The first-order valence-electron chi connectivity index (χ1n) is 14.1. The number of piperazine rings is 1. The Balaban J connectivity index is 1.12. The molecule has 1 amide bonds. The van der Waals surface area contributed by atoms with Crippen molar-refractivity contribution in [2.45, 2.75) is 19.9 Å². The first-order valence-corrected chi connectivity index (χ1v) is 14.9. The fraction of sp³-hybridized carbons (Fsp3) is 0.242. The van der Waals surface area contributed by atoms with Gasteiger partial charge in [0.05, 0.1) is 5.69 Å². The molecule has 1 N–H and O–H groups in total. The maximum absolute atomic E-state index is 13.1. The molecular formula is C33H33N7OS. The van der Waals surface area contributed by atoms with E-state index in [0.717, 1.165) is 71.9 Å². The van der Waals surface area contributed by atoms with Gasteiger partial charge in [-0.05, 0) is 78.6 Å². The van der Waals surface area contributed by atoms with Gasteiger partial charge >= 0.3 is 0 Å². The molecule has 1 aliphatic heterocycles. The van der Waals surface area contributed by atoms with E-state index in [9.17, 15) is 4.79 Å². The average molecular weight is 576 g/mol. The van der Waals surface area contributed by atoms with Gasteiger partial charge in [-0.2, -0.15) is 0 Å². The Morgan fingerprint density at radius 1 is 0.929 bits per heavy atom. The van der Waals surface area contributed by atoms with Gasteiger partial charge in [-0.1, -0.05) is 18.2 Å². The van der Waals surface area contributed by atoms with Gasteiger partial charge in [0.15, 0.2) is 0 Å². The third kappa shape index (κ3) is 6.76. The summed E-state index contributed by atoms with van der Waals surface area (Å²) < 4.78 is 4.20. The zero-order chi connectivity index (χ0) is 28.9. The van der Waals surface area contributed by atoms with Crippen molar-refractivity contribution in [3.8, 4) is 22.4 Å². The third-order valence-corrected chi connectivity index (χ3v) is 8.27. The number of aryl methyl sites for hydroxylation is 1. The van der Waals surface area contributed by atoms with Gasteiger partial charge in [0.25, 0.3) is 5.91 Å². The van der Waals surface area contributed by atoms with Crippen LogP contribution in [0.4, 0.5) is 5.69 Å². The Kier molecular flexibility index (Phi) is 8.41. The minimum Gasteiger partial charge on any atom is -0.322 e. The number of benzene rings is 2. The Morgan fingerprint density at radius 2 is 1.74 bits per heavy atom. The number of anilines is 1. The van der Waals surface area contributed by atoms with Gasteiger partial charge < -0.3 is 10.2 Å². The maximum Gasteiger partial charge on any atom is 0.255 e. The van der Waals surface area contributed by atoms with E-state index in [1.54, 1.807) is 6.20 Å². The van der Waals surface area contributed by atoms with Gasteiger partial charge in [0.2, 0.25) is 0 Å². The molecule has 1 saturated heterocycles. The van der Waals surface area contributed by atoms with Crippen LogP contribution in [0.25, 0.3) is 22.4 Å². The summed E-state index contributed by atoms with van der Waals surface area (Å²) in [4.78, 5) is 31.7. The smallest absolute Gasteiger partial charge is 0.255 e. The number of hydrogen-bond acceptors (Lipinski definition) is 8. The largest absolute Gasteiger partial charge is 0.322 e. The fourth-order valence-corrected chi connectivity index (χ4v) is 5.62. The Labute approximate surface area is 250 Å². The number of carbonyl (C=O) groups is 1. The molecule has 0 aliphatic carbocycles. The molecule has 1 fully saturated rings. The zero-order valence-electron chi connectivity index (χ0n) is 23.8. The predicted molar refractivity (Wildman–Crippen MR) is 168 cm³/mol. The summed E-state index contributed by atoms with van der Waals surface area (Å²) in [7, 11) is 2.16. The molecule has 4 heterocycles. The number of nitrogens with zero attached hydrogens (tertiary/aromatic N) is 6. The number of aromatic nitrogens is 4. The van der Waals surface area contributed by atoms with Crippen molar-refractivity contribution in [3.63, 3.8) is 0 Å². The lowest BCUT2D eigenvalue weighted by Crippen LogP contribution is -2.43. The summed E-state index contributed by atoms with van der Waals surface area (Å²) >= 11 is 1.42. The van der Waals surface area contributed by atoms with Gasteiger partial charge in [-0.15, -0.1) is 0 Å². The molecule has 1 aliphatic rings. The second-order valence-corrected chi connectivity index (χ2v) is 11.4. The molecule has 0 spiro atoms. The minimum atomic E-state index is -0.123. The van der Waals surface area contributed by atoms with E-state index in [1.807, 2.05) is 60.4 Å². The van der Waals surface area contributed by atoms with E-state index >= 15 is 0 Å². The van der Waals surface area contributed by atoms with E-state index in [-0.39, 0.29) is 5.91 Å². The van der Waals surface area contributed by atoms with Crippen LogP contribution in [0, 0.1) is 6.92 Å². The number of nitrogens with one attached hydrogen (secondary N) is 1. The van der Waals surface area contributed by atoms with E-state index in [0.29, 0.717) is 17.8 Å². The molecule has 42 heavy (non-hydrogen) atoms. The molecule has 5 aromatic rings. The highest BCUT2D eigenvalue weighted by Crippen LogP contribution is 2.25. The summed E-state index contributed by atoms with van der Waals surface area (Å²) in [6.45, 7) is 7.30. The monoisotopic (exact) mass is 575 g/mol. The molecular weight excluding hydrogens is 542 g/mol. The number of likely N-dealkylation sites (N-methyl/N-ethyl adjacent to an activating group) is 1. The minimum absolute atomic E-state index is 0.123. The fourth-order valence-electron chi connectivity index (χ4n) is 5.07. The highest BCUT2D eigenvalue weighted by atomic mass is 32.1. The standard InChI is InChI=1S/C33H33N7OS/c1-23-3-8-30(37-33(41)25-6-4-24(5-7-25)21-40-13-11-39(2)12-14-40)16-26(23)17-32-35-10-9-31(38-32)28-15-27(18-34-19-28)29-20-36-42-22-29/h3-10,15-16,18-20,22H,11-14,17,21H2,1-2H3,(H,37,41). The van der Waals surface area contributed by atoms with Crippen LogP contribution in [0.2, 0.25) is 0 Å². The second kappa shape index (κ2) is 12.7. The highest BCUT2D eigenvalue weighted by molar-refractivity contribution is 7.03. The normalized spacial score (nSPS) is 14.1. The first kappa shape index (κ1) is 27.8. The van der Waals surface area contributed by atoms with Crippen molar-refractivity contribution in [2.75, 3.05) is 38.5 Å². The molecule has 0 radical (unpaired) electrons. The van der Waals surface area contributed by atoms with Gasteiger partial charge in [-0.3, -0.25) is 14.7 Å². The Hall–Kier alpha value is -4.31. The lowest BCUT2D eigenvalue weighted by atomic mass is 10.0. The molecule has 0 atom stereocenters. The SMILES string of the molecule is Cc1ccc(NC(=O)c2ccc(CN3CCN(C)CC3)cc2)cc1Cc1nccc(-c2cncc(-c3cnsc3)c2)n1. The number of carbonyl (C=O) groups excluding carboxylic acids is 1. The van der Waals surface area contributed by atoms with E-state index in [4.69, 9.17) is 4.98 Å². The number of pyridine rings is 1. The first-order chi connectivity index (χ1) is 20.5. The molecule has 0 unspecified atom stereocenters. The van der Waals surface area contributed by atoms with Crippen LogP contribution < -0.4 is 5.32 Å². The second-order valence-electron chi connectivity index (χ2n) is 10.8. The van der Waals surface area contributed by atoms with Crippen molar-refractivity contribution in [2.24, 2.45) is 0 Å². The van der Waals surface area contributed by atoms with Crippen LogP contribution in [0.1, 0.15) is 32.9 Å².